The van der Waals surface area contributed by atoms with Crippen LogP contribution in [0.25, 0.3) is 6.08 Å². The zero-order valence-corrected chi connectivity index (χ0v) is 15.4. The lowest BCUT2D eigenvalue weighted by Gasteiger charge is -2.15. The molecule has 3 N–H and O–H groups in total. The molecule has 0 unspecified atom stereocenters. The molecule has 0 radical (unpaired) electrons. The Hall–Kier alpha value is -3.06. The van der Waals surface area contributed by atoms with E-state index >= 15 is 0 Å². The second kappa shape index (κ2) is 8.36. The molecule has 6 nitrogen and oxygen atoms in total. The number of hydrogen-bond donors (Lipinski definition) is 3. The highest BCUT2D eigenvalue weighted by atomic mass is 32.2. The van der Waals surface area contributed by atoms with E-state index in [-0.39, 0.29) is 23.8 Å². The Bertz CT molecular complexity index is 1050. The van der Waals surface area contributed by atoms with Crippen molar-refractivity contribution in [3.63, 3.8) is 0 Å². The van der Waals surface area contributed by atoms with Crippen LogP contribution in [0.4, 0.5) is 32.0 Å². The highest BCUT2D eigenvalue weighted by Gasteiger charge is 2.37. The minimum atomic E-state index is -5.14. The summed E-state index contributed by atoms with van der Waals surface area (Å²) in [6.07, 6.45) is -8.29. The monoisotopic (exact) mass is 454 g/mol. The van der Waals surface area contributed by atoms with E-state index in [1.54, 1.807) is 4.72 Å². The Morgan fingerprint density at radius 1 is 0.933 bits per heavy atom. The van der Waals surface area contributed by atoms with Crippen LogP contribution in [0.1, 0.15) is 16.7 Å². The van der Waals surface area contributed by atoms with Crippen molar-refractivity contribution in [3.05, 3.63) is 65.2 Å². The highest BCUT2D eigenvalue weighted by Crippen LogP contribution is 2.38. The number of amides is 1. The van der Waals surface area contributed by atoms with Crippen molar-refractivity contribution in [1.82, 2.24) is 5.48 Å². The molecule has 0 aliphatic heterocycles. The third kappa shape index (κ3) is 5.97. The molecule has 0 heterocycles. The van der Waals surface area contributed by atoms with Gasteiger partial charge in [-0.25, -0.2) is 13.9 Å². The van der Waals surface area contributed by atoms with Gasteiger partial charge >= 0.3 is 12.4 Å². The summed E-state index contributed by atoms with van der Waals surface area (Å²) in [5, 5.41) is 8.40. The minimum Gasteiger partial charge on any atom is -0.288 e. The Labute approximate surface area is 165 Å². The molecule has 0 atom stereocenters. The lowest BCUT2D eigenvalue weighted by atomic mass is 10.1. The van der Waals surface area contributed by atoms with Crippen LogP contribution in [0, 0.1) is 0 Å². The van der Waals surface area contributed by atoms with Crippen molar-refractivity contribution < 1.29 is 44.8 Å². The molecule has 0 aliphatic rings. The maximum atomic E-state index is 12.9. The predicted octanol–water partition coefficient (Wildman–Crippen LogP) is 4.04. The third-order valence-corrected chi connectivity index (χ3v) is 4.92. The fourth-order valence-corrected chi connectivity index (χ4v) is 3.32. The molecule has 2 rings (SSSR count). The summed E-state index contributed by atoms with van der Waals surface area (Å²) in [6.45, 7) is 0. The highest BCUT2D eigenvalue weighted by molar-refractivity contribution is 7.92. The lowest BCUT2D eigenvalue weighted by Crippen LogP contribution is -2.16. The summed E-state index contributed by atoms with van der Waals surface area (Å²) >= 11 is 0. The van der Waals surface area contributed by atoms with Gasteiger partial charge in [-0.15, -0.1) is 0 Å². The smallest absolute Gasteiger partial charge is 0.288 e. The van der Waals surface area contributed by atoms with E-state index in [1.807, 2.05) is 0 Å². The quantitative estimate of drug-likeness (QED) is 0.275. The molecule has 13 heteroatoms. The summed E-state index contributed by atoms with van der Waals surface area (Å²) in [6, 6.07) is 5.01. The number of nitrogens with one attached hydrogen (secondary N) is 2. The van der Waals surface area contributed by atoms with E-state index < -0.39 is 50.0 Å². The first-order chi connectivity index (χ1) is 13.7. The Morgan fingerprint density at radius 3 is 2.00 bits per heavy atom. The van der Waals surface area contributed by atoms with Crippen molar-refractivity contribution in [2.75, 3.05) is 4.72 Å². The van der Waals surface area contributed by atoms with Crippen LogP contribution in [0.15, 0.2) is 53.4 Å². The number of hydrogen-bond acceptors (Lipinski definition) is 4. The van der Waals surface area contributed by atoms with Crippen LogP contribution in [-0.2, 0) is 27.2 Å². The first kappa shape index (κ1) is 23.2. The van der Waals surface area contributed by atoms with Crippen LogP contribution < -0.4 is 10.2 Å². The Kier molecular flexibility index (Phi) is 6.47. The first-order valence-electron chi connectivity index (χ1n) is 7.77. The molecule has 2 aromatic carbocycles. The summed E-state index contributed by atoms with van der Waals surface area (Å²) in [5.41, 5.74) is -2.83. The number of halogens is 6. The molecule has 1 amide bonds. The normalized spacial score (nSPS) is 12.8. The average Bonchev–Trinajstić information content (AvgIpc) is 2.64. The van der Waals surface area contributed by atoms with Crippen molar-refractivity contribution in [1.29, 1.82) is 0 Å². The molecule has 0 bridgehead atoms. The zero-order valence-electron chi connectivity index (χ0n) is 14.5. The van der Waals surface area contributed by atoms with Crippen molar-refractivity contribution in [2.45, 2.75) is 17.2 Å². The van der Waals surface area contributed by atoms with E-state index in [0.717, 1.165) is 24.3 Å². The number of benzene rings is 2. The molecule has 0 fully saturated rings. The standard InChI is InChI=1S/C17H12F6N2O4S/c18-16(19,20)11-7-12(17(21,22)23)9-13(8-11)25-30(28,29)14-3-1-2-10(6-14)4-5-15(26)24-27/h1-9,25,27H,(H,24,26)/b5-4+. The number of hydroxylamine groups is 1. The number of carbonyl (C=O) groups is 1. The predicted molar refractivity (Wildman–Crippen MR) is 92.7 cm³/mol. The van der Waals surface area contributed by atoms with Gasteiger partial charge < -0.3 is 0 Å². The number of alkyl halides is 6. The number of carbonyl (C=O) groups excluding carboxylic acids is 1. The van der Waals surface area contributed by atoms with Gasteiger partial charge in [-0.2, -0.15) is 26.3 Å². The van der Waals surface area contributed by atoms with Crippen LogP contribution in [0.3, 0.4) is 0 Å². The topological polar surface area (TPSA) is 95.5 Å². The van der Waals surface area contributed by atoms with Crippen molar-refractivity contribution in [3.8, 4) is 0 Å². The van der Waals surface area contributed by atoms with Gasteiger partial charge in [0.15, 0.2) is 0 Å². The van der Waals surface area contributed by atoms with Crippen LogP contribution in [0.2, 0.25) is 0 Å². The number of rotatable bonds is 5. The lowest BCUT2D eigenvalue weighted by molar-refractivity contribution is -0.143. The van der Waals surface area contributed by atoms with Gasteiger partial charge in [0.05, 0.1) is 21.7 Å². The van der Waals surface area contributed by atoms with Gasteiger partial charge in [0.25, 0.3) is 15.9 Å². The first-order valence-corrected chi connectivity index (χ1v) is 9.25. The van der Waals surface area contributed by atoms with Gasteiger partial charge in [0, 0.05) is 6.08 Å². The molecule has 0 spiro atoms. The molecule has 0 aliphatic carbocycles. The van der Waals surface area contributed by atoms with E-state index in [9.17, 15) is 39.6 Å². The molecule has 30 heavy (non-hydrogen) atoms. The van der Waals surface area contributed by atoms with Crippen molar-refractivity contribution >= 4 is 27.7 Å². The number of anilines is 1. The summed E-state index contributed by atoms with van der Waals surface area (Å²) in [5.74, 6) is -0.912. The van der Waals surface area contributed by atoms with Gasteiger partial charge in [-0.3, -0.25) is 14.7 Å². The largest absolute Gasteiger partial charge is 0.416 e. The van der Waals surface area contributed by atoms with Gasteiger partial charge in [-0.1, -0.05) is 12.1 Å². The summed E-state index contributed by atoms with van der Waals surface area (Å²) in [7, 11) is -4.57. The molecule has 2 aromatic rings. The summed E-state index contributed by atoms with van der Waals surface area (Å²) < 4.78 is 104. The van der Waals surface area contributed by atoms with Crippen molar-refractivity contribution in [2.24, 2.45) is 0 Å². The second-order valence-electron chi connectivity index (χ2n) is 5.78. The summed E-state index contributed by atoms with van der Waals surface area (Å²) in [4.78, 5) is 10.5. The molecular weight excluding hydrogens is 442 g/mol. The van der Waals surface area contributed by atoms with E-state index in [4.69, 9.17) is 5.21 Å². The van der Waals surface area contributed by atoms with Crippen LogP contribution >= 0.6 is 0 Å². The van der Waals surface area contributed by atoms with Gasteiger partial charge in [-0.05, 0) is 42.0 Å². The van der Waals surface area contributed by atoms with E-state index in [1.165, 1.54) is 17.6 Å². The maximum absolute atomic E-state index is 12.9. The zero-order chi connectivity index (χ0) is 22.7. The maximum Gasteiger partial charge on any atom is 0.416 e. The Balaban J connectivity index is 2.44. The molecule has 0 saturated heterocycles. The minimum absolute atomic E-state index is 0.130. The molecular formula is C17H12F6N2O4S. The molecule has 162 valence electrons. The fraction of sp³-hybridized carbons (Fsp3) is 0.118. The SMILES string of the molecule is O=C(/C=C/c1cccc(S(=O)(=O)Nc2cc(C(F)(F)F)cc(C(F)(F)F)c2)c1)NO. The third-order valence-electron chi connectivity index (χ3n) is 3.55. The fourth-order valence-electron chi connectivity index (χ4n) is 2.22. The van der Waals surface area contributed by atoms with E-state index in [2.05, 4.69) is 0 Å². The second-order valence-corrected chi connectivity index (χ2v) is 7.46. The Morgan fingerprint density at radius 2 is 1.50 bits per heavy atom. The number of sulfonamides is 1. The van der Waals surface area contributed by atoms with Gasteiger partial charge in [0.1, 0.15) is 0 Å². The van der Waals surface area contributed by atoms with Crippen LogP contribution in [-0.4, -0.2) is 19.5 Å². The molecule has 0 aromatic heterocycles. The van der Waals surface area contributed by atoms with Gasteiger partial charge in [0.2, 0.25) is 0 Å². The average molecular weight is 454 g/mol. The molecule has 0 saturated carbocycles. The van der Waals surface area contributed by atoms with E-state index in [0.29, 0.717) is 0 Å². The van der Waals surface area contributed by atoms with Crippen LogP contribution in [0.5, 0.6) is 0 Å².